The van der Waals surface area contributed by atoms with Gasteiger partial charge in [0, 0.05) is 18.8 Å². The highest BCUT2D eigenvalue weighted by Crippen LogP contribution is 2.14. The van der Waals surface area contributed by atoms with Crippen LogP contribution < -0.4 is 0 Å². The molecular weight excluding hydrogens is 230 g/mol. The fourth-order valence-corrected chi connectivity index (χ4v) is 2.32. The van der Waals surface area contributed by atoms with Gasteiger partial charge in [0.1, 0.15) is 0 Å². The summed E-state index contributed by atoms with van der Waals surface area (Å²) in [4.78, 5) is 18.1. The van der Waals surface area contributed by atoms with Crippen LogP contribution in [0.3, 0.4) is 0 Å². The normalized spacial score (nSPS) is 17.9. The molecule has 100 valence electrons. The van der Waals surface area contributed by atoms with E-state index in [1.807, 2.05) is 4.57 Å². The number of nitrogens with zero attached hydrogens (tertiary/aromatic N) is 3. The van der Waals surface area contributed by atoms with E-state index in [-0.39, 0.29) is 5.97 Å². The van der Waals surface area contributed by atoms with Gasteiger partial charge in [-0.3, -0.25) is 0 Å². The van der Waals surface area contributed by atoms with Crippen LogP contribution in [0.4, 0.5) is 0 Å². The van der Waals surface area contributed by atoms with Crippen molar-refractivity contribution < 1.29 is 9.53 Å². The van der Waals surface area contributed by atoms with Crippen LogP contribution in [0.5, 0.6) is 0 Å². The zero-order valence-electron chi connectivity index (χ0n) is 11.1. The number of hydrogen-bond acceptors (Lipinski definition) is 4. The first-order valence-corrected chi connectivity index (χ1v) is 6.63. The van der Waals surface area contributed by atoms with E-state index in [9.17, 15) is 4.79 Å². The van der Waals surface area contributed by atoms with E-state index in [0.29, 0.717) is 18.3 Å². The van der Waals surface area contributed by atoms with Gasteiger partial charge in [-0.1, -0.05) is 0 Å². The predicted octanol–water partition coefficient (Wildman–Crippen LogP) is 1.72. The molecule has 0 spiro atoms. The van der Waals surface area contributed by atoms with Crippen molar-refractivity contribution >= 4 is 5.97 Å². The topological polar surface area (TPSA) is 47.4 Å². The van der Waals surface area contributed by atoms with Gasteiger partial charge < -0.3 is 14.2 Å². The molecule has 0 aromatic carbocycles. The summed E-state index contributed by atoms with van der Waals surface area (Å²) >= 11 is 0. The van der Waals surface area contributed by atoms with Crippen LogP contribution in [0.2, 0.25) is 0 Å². The lowest BCUT2D eigenvalue weighted by atomic mass is 10.3. The van der Waals surface area contributed by atoms with Gasteiger partial charge in [0.2, 0.25) is 0 Å². The van der Waals surface area contributed by atoms with Crippen LogP contribution in [0.25, 0.3) is 0 Å². The van der Waals surface area contributed by atoms with Gasteiger partial charge >= 0.3 is 5.97 Å². The van der Waals surface area contributed by atoms with Crippen LogP contribution in [-0.4, -0.2) is 46.7 Å². The van der Waals surface area contributed by atoms with E-state index in [4.69, 9.17) is 4.74 Å². The second-order valence-electron chi connectivity index (χ2n) is 4.78. The molecule has 1 aromatic heterocycles. The van der Waals surface area contributed by atoms with Gasteiger partial charge in [-0.2, -0.15) is 0 Å². The van der Waals surface area contributed by atoms with Crippen LogP contribution in [-0.2, 0) is 4.74 Å². The number of ether oxygens (including phenoxy) is 1. The van der Waals surface area contributed by atoms with E-state index < -0.39 is 0 Å². The van der Waals surface area contributed by atoms with Crippen molar-refractivity contribution in [2.24, 2.45) is 0 Å². The molecule has 1 aliphatic heterocycles. The van der Waals surface area contributed by atoms with Crippen LogP contribution in [0.1, 0.15) is 43.2 Å². The molecule has 0 radical (unpaired) electrons. The standard InChI is InChI=1S/C13H21N3O2/c1-3-18-13(17)12-9-16(10-14-12)11(2)8-15-6-4-5-7-15/h9-11H,3-8H2,1-2H3. The largest absolute Gasteiger partial charge is 0.461 e. The zero-order chi connectivity index (χ0) is 13.0. The highest BCUT2D eigenvalue weighted by atomic mass is 16.5. The summed E-state index contributed by atoms with van der Waals surface area (Å²) in [7, 11) is 0. The number of likely N-dealkylation sites (tertiary alicyclic amines) is 1. The first-order valence-electron chi connectivity index (χ1n) is 6.63. The molecule has 1 fully saturated rings. The Balaban J connectivity index is 1.93. The molecule has 0 N–H and O–H groups in total. The second kappa shape index (κ2) is 6.00. The molecule has 18 heavy (non-hydrogen) atoms. The SMILES string of the molecule is CCOC(=O)c1cn(C(C)CN2CCCC2)cn1. The molecule has 1 aliphatic rings. The third kappa shape index (κ3) is 3.10. The molecule has 1 atom stereocenters. The van der Waals surface area contributed by atoms with Crippen molar-refractivity contribution in [2.45, 2.75) is 32.7 Å². The first kappa shape index (κ1) is 13.1. The van der Waals surface area contributed by atoms with Gasteiger partial charge in [-0.25, -0.2) is 9.78 Å². The minimum atomic E-state index is -0.343. The van der Waals surface area contributed by atoms with Crippen LogP contribution in [0.15, 0.2) is 12.5 Å². The Hall–Kier alpha value is -1.36. The number of esters is 1. The zero-order valence-corrected chi connectivity index (χ0v) is 11.1. The molecule has 1 unspecified atom stereocenters. The quantitative estimate of drug-likeness (QED) is 0.748. The van der Waals surface area contributed by atoms with E-state index in [2.05, 4.69) is 16.8 Å². The number of imidazole rings is 1. The minimum Gasteiger partial charge on any atom is -0.461 e. The molecule has 5 heteroatoms. The minimum absolute atomic E-state index is 0.332. The average molecular weight is 251 g/mol. The Morgan fingerprint density at radius 3 is 2.89 bits per heavy atom. The monoisotopic (exact) mass is 251 g/mol. The molecule has 2 heterocycles. The number of rotatable bonds is 5. The summed E-state index contributed by atoms with van der Waals surface area (Å²) in [6.45, 7) is 7.71. The van der Waals surface area contributed by atoms with Crippen LogP contribution >= 0.6 is 0 Å². The number of hydrogen-bond donors (Lipinski definition) is 0. The molecule has 0 bridgehead atoms. The molecule has 0 amide bonds. The smallest absolute Gasteiger partial charge is 0.358 e. The number of carbonyl (C=O) groups excluding carboxylic acids is 1. The maximum atomic E-state index is 11.5. The van der Waals surface area contributed by atoms with Crippen LogP contribution in [0, 0.1) is 0 Å². The lowest BCUT2D eigenvalue weighted by molar-refractivity contribution is 0.0520. The summed E-state index contributed by atoms with van der Waals surface area (Å²) in [5.74, 6) is -0.343. The highest BCUT2D eigenvalue weighted by molar-refractivity contribution is 5.86. The Labute approximate surface area is 108 Å². The molecule has 5 nitrogen and oxygen atoms in total. The molecule has 0 saturated carbocycles. The summed E-state index contributed by atoms with van der Waals surface area (Å²) in [6, 6.07) is 0.332. The molecule has 0 aliphatic carbocycles. The van der Waals surface area contributed by atoms with Gasteiger partial charge in [0.05, 0.1) is 12.9 Å². The summed E-state index contributed by atoms with van der Waals surface area (Å²) in [5.41, 5.74) is 0.394. The van der Waals surface area contributed by atoms with E-state index in [1.165, 1.54) is 25.9 Å². The third-order valence-corrected chi connectivity index (χ3v) is 3.32. The lowest BCUT2D eigenvalue weighted by Gasteiger charge is -2.20. The van der Waals surface area contributed by atoms with Crippen molar-refractivity contribution in [3.8, 4) is 0 Å². The van der Waals surface area contributed by atoms with Crippen molar-refractivity contribution in [1.29, 1.82) is 0 Å². The summed E-state index contributed by atoms with van der Waals surface area (Å²) in [5, 5.41) is 0. The van der Waals surface area contributed by atoms with E-state index >= 15 is 0 Å². The number of aromatic nitrogens is 2. The predicted molar refractivity (Wildman–Crippen MR) is 68.6 cm³/mol. The number of carbonyl (C=O) groups is 1. The van der Waals surface area contributed by atoms with E-state index in [0.717, 1.165) is 6.54 Å². The fourth-order valence-electron chi connectivity index (χ4n) is 2.32. The molecule has 1 aromatic rings. The van der Waals surface area contributed by atoms with Crippen molar-refractivity contribution in [3.05, 3.63) is 18.2 Å². The van der Waals surface area contributed by atoms with Gasteiger partial charge in [0.25, 0.3) is 0 Å². The third-order valence-electron chi connectivity index (χ3n) is 3.32. The Morgan fingerprint density at radius 1 is 1.50 bits per heavy atom. The Kier molecular flexibility index (Phi) is 4.36. The summed E-state index contributed by atoms with van der Waals surface area (Å²) in [6.07, 6.45) is 6.08. The van der Waals surface area contributed by atoms with Gasteiger partial charge in [-0.15, -0.1) is 0 Å². The first-order chi connectivity index (χ1) is 8.70. The summed E-state index contributed by atoms with van der Waals surface area (Å²) < 4.78 is 6.92. The van der Waals surface area contributed by atoms with Crippen molar-refractivity contribution in [1.82, 2.24) is 14.5 Å². The molecular formula is C13H21N3O2. The average Bonchev–Trinajstić information content (AvgIpc) is 2.99. The highest BCUT2D eigenvalue weighted by Gasteiger charge is 2.17. The Bertz CT molecular complexity index is 397. The Morgan fingerprint density at radius 2 is 2.22 bits per heavy atom. The van der Waals surface area contributed by atoms with Gasteiger partial charge in [-0.05, 0) is 39.8 Å². The van der Waals surface area contributed by atoms with Gasteiger partial charge in [0.15, 0.2) is 5.69 Å². The van der Waals surface area contributed by atoms with E-state index in [1.54, 1.807) is 19.4 Å². The van der Waals surface area contributed by atoms with Crippen molar-refractivity contribution in [3.63, 3.8) is 0 Å². The maximum Gasteiger partial charge on any atom is 0.358 e. The lowest BCUT2D eigenvalue weighted by Crippen LogP contribution is -2.26. The molecule has 2 rings (SSSR count). The molecule has 1 saturated heterocycles. The fraction of sp³-hybridized carbons (Fsp3) is 0.692. The second-order valence-corrected chi connectivity index (χ2v) is 4.78. The maximum absolute atomic E-state index is 11.5. The van der Waals surface area contributed by atoms with Crippen molar-refractivity contribution in [2.75, 3.05) is 26.2 Å².